The molecule has 0 spiro atoms. The van der Waals surface area contributed by atoms with Crippen LogP contribution < -0.4 is 10.6 Å². The van der Waals surface area contributed by atoms with Crippen LogP contribution in [-0.4, -0.2) is 19.0 Å². The summed E-state index contributed by atoms with van der Waals surface area (Å²) in [6, 6.07) is 6.20. The van der Waals surface area contributed by atoms with Crippen LogP contribution in [0.4, 0.5) is 4.39 Å². The van der Waals surface area contributed by atoms with Crippen molar-refractivity contribution in [2.75, 3.05) is 13.1 Å². The van der Waals surface area contributed by atoms with E-state index in [1.54, 1.807) is 12.1 Å². The molecule has 0 saturated carbocycles. The van der Waals surface area contributed by atoms with Crippen molar-refractivity contribution in [3.8, 4) is 0 Å². The van der Waals surface area contributed by atoms with E-state index in [1.807, 2.05) is 6.92 Å². The molecule has 110 valence electrons. The van der Waals surface area contributed by atoms with Crippen LogP contribution >= 0.6 is 0 Å². The Kier molecular flexibility index (Phi) is 5.53. The number of hydrogen-bond acceptors (Lipinski definition) is 2. The number of rotatable bonds is 5. The van der Waals surface area contributed by atoms with E-state index >= 15 is 0 Å². The second kappa shape index (κ2) is 7.39. The minimum Gasteiger partial charge on any atom is -0.350 e. The van der Waals surface area contributed by atoms with Crippen molar-refractivity contribution in [2.24, 2.45) is 5.92 Å². The molecule has 2 rings (SSSR count). The van der Waals surface area contributed by atoms with Crippen molar-refractivity contribution in [1.82, 2.24) is 10.6 Å². The van der Waals surface area contributed by atoms with Gasteiger partial charge < -0.3 is 10.6 Å². The summed E-state index contributed by atoms with van der Waals surface area (Å²) in [5, 5.41) is 6.34. The molecule has 1 heterocycles. The molecule has 20 heavy (non-hydrogen) atoms. The van der Waals surface area contributed by atoms with Gasteiger partial charge in [0.25, 0.3) is 0 Å². The number of carbonyl (C=O) groups is 1. The molecule has 3 nitrogen and oxygen atoms in total. The van der Waals surface area contributed by atoms with E-state index in [4.69, 9.17) is 0 Å². The molecule has 0 aliphatic carbocycles. The zero-order valence-corrected chi connectivity index (χ0v) is 12.0. The van der Waals surface area contributed by atoms with Gasteiger partial charge in [-0.2, -0.15) is 0 Å². The third-order valence-corrected chi connectivity index (χ3v) is 3.93. The molecule has 4 heteroatoms. The van der Waals surface area contributed by atoms with Gasteiger partial charge in [0.15, 0.2) is 0 Å². The average molecular weight is 278 g/mol. The highest BCUT2D eigenvalue weighted by Crippen LogP contribution is 2.17. The van der Waals surface area contributed by atoms with Crippen molar-refractivity contribution in [2.45, 2.75) is 38.6 Å². The van der Waals surface area contributed by atoms with Gasteiger partial charge >= 0.3 is 0 Å². The molecule has 1 aromatic carbocycles. The highest BCUT2D eigenvalue weighted by Gasteiger charge is 2.15. The molecule has 0 aromatic heterocycles. The molecule has 1 aromatic rings. The number of halogens is 1. The summed E-state index contributed by atoms with van der Waals surface area (Å²) in [7, 11) is 0. The van der Waals surface area contributed by atoms with E-state index in [2.05, 4.69) is 10.6 Å². The number of piperidine rings is 1. The molecular weight excluding hydrogens is 255 g/mol. The average Bonchev–Trinajstić information content (AvgIpc) is 2.47. The lowest BCUT2D eigenvalue weighted by Gasteiger charge is -2.22. The van der Waals surface area contributed by atoms with Crippen LogP contribution in [0.25, 0.3) is 0 Å². The Labute approximate surface area is 120 Å². The van der Waals surface area contributed by atoms with Crippen LogP contribution in [0.15, 0.2) is 24.3 Å². The van der Waals surface area contributed by atoms with Crippen LogP contribution in [0, 0.1) is 11.7 Å². The summed E-state index contributed by atoms with van der Waals surface area (Å²) in [6.45, 7) is 4.05. The van der Waals surface area contributed by atoms with E-state index in [-0.39, 0.29) is 17.8 Å². The first-order valence-electron chi connectivity index (χ1n) is 7.40. The summed E-state index contributed by atoms with van der Waals surface area (Å²) < 4.78 is 12.8. The topological polar surface area (TPSA) is 41.1 Å². The molecule has 2 N–H and O–H groups in total. The van der Waals surface area contributed by atoms with Gasteiger partial charge in [-0.05, 0) is 62.9 Å². The first kappa shape index (κ1) is 15.0. The second-order valence-electron chi connectivity index (χ2n) is 5.59. The van der Waals surface area contributed by atoms with Crippen molar-refractivity contribution in [1.29, 1.82) is 0 Å². The molecule has 2 unspecified atom stereocenters. The van der Waals surface area contributed by atoms with E-state index in [1.165, 1.54) is 25.0 Å². The monoisotopic (exact) mass is 278 g/mol. The zero-order chi connectivity index (χ0) is 14.4. The fourth-order valence-electron chi connectivity index (χ4n) is 2.65. The Balaban J connectivity index is 1.74. The first-order valence-corrected chi connectivity index (χ1v) is 7.40. The van der Waals surface area contributed by atoms with Crippen molar-refractivity contribution in [3.63, 3.8) is 0 Å². The molecule has 2 atom stereocenters. The molecule has 0 radical (unpaired) electrons. The van der Waals surface area contributed by atoms with Crippen LogP contribution in [0.5, 0.6) is 0 Å². The predicted molar refractivity (Wildman–Crippen MR) is 77.8 cm³/mol. The molecule has 1 saturated heterocycles. The second-order valence-corrected chi connectivity index (χ2v) is 5.59. The van der Waals surface area contributed by atoms with Crippen molar-refractivity contribution < 1.29 is 9.18 Å². The van der Waals surface area contributed by atoms with Gasteiger partial charge in [-0.3, -0.25) is 4.79 Å². The Morgan fingerprint density at radius 1 is 1.45 bits per heavy atom. The minimum absolute atomic E-state index is 0.0763. The van der Waals surface area contributed by atoms with Gasteiger partial charge in [-0.1, -0.05) is 12.1 Å². The highest BCUT2D eigenvalue weighted by atomic mass is 19.1. The first-order chi connectivity index (χ1) is 9.65. The van der Waals surface area contributed by atoms with Crippen LogP contribution in [0.1, 0.15) is 44.2 Å². The van der Waals surface area contributed by atoms with Gasteiger partial charge in [-0.15, -0.1) is 0 Å². The number of amides is 1. The largest absolute Gasteiger partial charge is 0.350 e. The summed E-state index contributed by atoms with van der Waals surface area (Å²) in [5.41, 5.74) is 0.930. The Hall–Kier alpha value is -1.42. The number of benzene rings is 1. The molecule has 1 fully saturated rings. The van der Waals surface area contributed by atoms with Crippen molar-refractivity contribution in [3.05, 3.63) is 35.6 Å². The Morgan fingerprint density at radius 3 is 2.85 bits per heavy atom. The fraction of sp³-hybridized carbons (Fsp3) is 0.562. The van der Waals surface area contributed by atoms with E-state index < -0.39 is 0 Å². The fourth-order valence-corrected chi connectivity index (χ4v) is 2.65. The maximum absolute atomic E-state index is 12.8. The minimum atomic E-state index is -0.253. The smallest absolute Gasteiger partial charge is 0.220 e. The normalized spacial score (nSPS) is 20.4. The van der Waals surface area contributed by atoms with E-state index in [0.29, 0.717) is 12.3 Å². The van der Waals surface area contributed by atoms with Gasteiger partial charge in [-0.25, -0.2) is 4.39 Å². The van der Waals surface area contributed by atoms with Crippen LogP contribution in [0.3, 0.4) is 0 Å². The highest BCUT2D eigenvalue weighted by molar-refractivity contribution is 5.76. The van der Waals surface area contributed by atoms with Crippen LogP contribution in [-0.2, 0) is 4.79 Å². The molecular formula is C16H23FN2O. The number of carbonyl (C=O) groups excluding carboxylic acids is 1. The molecule has 0 bridgehead atoms. The lowest BCUT2D eigenvalue weighted by Crippen LogP contribution is -2.31. The van der Waals surface area contributed by atoms with Gasteiger partial charge in [0.2, 0.25) is 5.91 Å². The van der Waals surface area contributed by atoms with Crippen molar-refractivity contribution >= 4 is 5.91 Å². The third-order valence-electron chi connectivity index (χ3n) is 3.93. The Morgan fingerprint density at radius 2 is 2.20 bits per heavy atom. The quantitative estimate of drug-likeness (QED) is 0.869. The molecule has 1 aliphatic heterocycles. The Bertz CT molecular complexity index is 427. The summed E-state index contributed by atoms with van der Waals surface area (Å²) in [4.78, 5) is 11.9. The van der Waals surface area contributed by atoms with Gasteiger partial charge in [0.05, 0.1) is 6.04 Å². The maximum Gasteiger partial charge on any atom is 0.220 e. The summed E-state index contributed by atoms with van der Waals surface area (Å²) in [5.74, 6) is 0.445. The van der Waals surface area contributed by atoms with Crippen LogP contribution in [0.2, 0.25) is 0 Å². The maximum atomic E-state index is 12.8. The lowest BCUT2D eigenvalue weighted by atomic mass is 9.94. The van der Waals surface area contributed by atoms with Gasteiger partial charge in [0.1, 0.15) is 5.82 Å². The zero-order valence-electron chi connectivity index (χ0n) is 12.0. The number of nitrogens with one attached hydrogen (secondary N) is 2. The standard InChI is InChI=1S/C16H23FN2O/c1-12(14-5-7-15(17)8-6-14)19-16(20)9-4-13-3-2-10-18-11-13/h5-8,12-13,18H,2-4,9-11H2,1H3,(H,19,20). The summed E-state index contributed by atoms with van der Waals surface area (Å²) >= 11 is 0. The third kappa shape index (κ3) is 4.60. The number of hydrogen-bond donors (Lipinski definition) is 2. The molecule has 1 aliphatic rings. The predicted octanol–water partition coefficient (Wildman–Crippen LogP) is 2.78. The van der Waals surface area contributed by atoms with E-state index in [9.17, 15) is 9.18 Å². The van der Waals surface area contributed by atoms with E-state index in [0.717, 1.165) is 25.1 Å². The molecule has 1 amide bonds. The SMILES string of the molecule is CC(NC(=O)CCC1CCCNC1)c1ccc(F)cc1. The lowest BCUT2D eigenvalue weighted by molar-refractivity contribution is -0.122. The van der Waals surface area contributed by atoms with Gasteiger partial charge in [0, 0.05) is 6.42 Å². The summed E-state index contributed by atoms with van der Waals surface area (Å²) in [6.07, 6.45) is 3.93.